The van der Waals surface area contributed by atoms with Crippen LogP contribution in [0.25, 0.3) is 0 Å². The molecule has 1 nitrogen and oxygen atoms in total. The Morgan fingerprint density at radius 3 is 2.67 bits per heavy atom. The highest BCUT2D eigenvalue weighted by molar-refractivity contribution is 5.26. The van der Waals surface area contributed by atoms with Crippen molar-refractivity contribution in [2.24, 2.45) is 5.73 Å². The second-order valence-electron chi connectivity index (χ2n) is 4.83. The van der Waals surface area contributed by atoms with E-state index in [-0.39, 0.29) is 6.04 Å². The van der Waals surface area contributed by atoms with Crippen molar-refractivity contribution in [1.82, 2.24) is 0 Å². The molecular formula is C13H18FN. The van der Waals surface area contributed by atoms with Gasteiger partial charge in [-0.1, -0.05) is 24.3 Å². The van der Waals surface area contributed by atoms with Gasteiger partial charge in [0.1, 0.15) is 5.67 Å². The Kier molecular flexibility index (Phi) is 2.79. The van der Waals surface area contributed by atoms with Gasteiger partial charge in [0.2, 0.25) is 0 Å². The van der Waals surface area contributed by atoms with Crippen LogP contribution in [-0.2, 0) is 12.8 Å². The molecule has 2 heteroatoms. The van der Waals surface area contributed by atoms with Gasteiger partial charge in [-0.25, -0.2) is 4.39 Å². The molecule has 1 aromatic rings. The highest BCUT2D eigenvalue weighted by Gasteiger charge is 2.42. The third-order valence-corrected chi connectivity index (χ3v) is 2.86. The molecule has 1 saturated carbocycles. The predicted molar refractivity (Wildman–Crippen MR) is 60.6 cm³/mol. The van der Waals surface area contributed by atoms with Gasteiger partial charge in [-0.15, -0.1) is 0 Å². The van der Waals surface area contributed by atoms with Crippen LogP contribution in [0.2, 0.25) is 0 Å². The average Bonchev–Trinajstić information content (AvgIpc) is 2.82. The number of hydrogen-bond acceptors (Lipinski definition) is 1. The summed E-state index contributed by atoms with van der Waals surface area (Å²) >= 11 is 0. The quantitative estimate of drug-likeness (QED) is 0.807. The maximum Gasteiger partial charge on any atom is 0.115 e. The van der Waals surface area contributed by atoms with E-state index < -0.39 is 5.67 Å². The summed E-state index contributed by atoms with van der Waals surface area (Å²) in [6, 6.07) is 8.32. The zero-order chi connectivity index (χ0) is 10.9. The lowest BCUT2D eigenvalue weighted by Gasteiger charge is -2.09. The van der Waals surface area contributed by atoms with Gasteiger partial charge in [0.05, 0.1) is 0 Å². The van der Waals surface area contributed by atoms with Crippen LogP contribution < -0.4 is 5.73 Å². The van der Waals surface area contributed by atoms with Gasteiger partial charge >= 0.3 is 0 Å². The molecule has 2 rings (SSSR count). The van der Waals surface area contributed by atoms with Crippen LogP contribution in [-0.4, -0.2) is 11.7 Å². The first-order chi connectivity index (χ1) is 7.07. The second-order valence-corrected chi connectivity index (χ2v) is 4.83. The maximum atomic E-state index is 13.6. The fraction of sp³-hybridized carbons (Fsp3) is 0.538. The Labute approximate surface area is 90.5 Å². The van der Waals surface area contributed by atoms with Crippen LogP contribution in [0.15, 0.2) is 24.3 Å². The van der Waals surface area contributed by atoms with Crippen LogP contribution >= 0.6 is 0 Å². The van der Waals surface area contributed by atoms with Crippen molar-refractivity contribution in [3.8, 4) is 0 Å². The monoisotopic (exact) mass is 207 g/mol. The van der Waals surface area contributed by atoms with Crippen molar-refractivity contribution in [2.45, 2.75) is 44.3 Å². The average molecular weight is 207 g/mol. The lowest BCUT2D eigenvalue weighted by molar-refractivity contribution is 0.308. The van der Waals surface area contributed by atoms with Crippen LogP contribution in [0.5, 0.6) is 0 Å². The smallest absolute Gasteiger partial charge is 0.115 e. The molecular weight excluding hydrogens is 189 g/mol. The first kappa shape index (κ1) is 10.6. The SMILES string of the molecule is CC(N)Cc1cccc(CC2(F)CC2)c1. The summed E-state index contributed by atoms with van der Waals surface area (Å²) in [6.45, 7) is 1.99. The highest BCUT2D eigenvalue weighted by Crippen LogP contribution is 2.42. The van der Waals surface area contributed by atoms with Crippen LogP contribution in [0.4, 0.5) is 4.39 Å². The first-order valence-corrected chi connectivity index (χ1v) is 5.60. The van der Waals surface area contributed by atoms with E-state index in [2.05, 4.69) is 12.1 Å². The van der Waals surface area contributed by atoms with Gasteiger partial charge in [-0.2, -0.15) is 0 Å². The molecule has 1 aliphatic carbocycles. The molecule has 0 heterocycles. The molecule has 1 unspecified atom stereocenters. The van der Waals surface area contributed by atoms with E-state index in [9.17, 15) is 4.39 Å². The first-order valence-electron chi connectivity index (χ1n) is 5.60. The summed E-state index contributed by atoms with van der Waals surface area (Å²) in [5.74, 6) is 0. The molecule has 0 aromatic heterocycles. The van der Waals surface area contributed by atoms with Gasteiger partial charge < -0.3 is 5.73 Å². The number of alkyl halides is 1. The third-order valence-electron chi connectivity index (χ3n) is 2.86. The Morgan fingerprint density at radius 2 is 2.07 bits per heavy atom. The standard InChI is InChI=1S/C13H18FN/c1-10(15)7-11-3-2-4-12(8-11)9-13(14)5-6-13/h2-4,8,10H,5-7,9,15H2,1H3. The largest absolute Gasteiger partial charge is 0.328 e. The molecule has 82 valence electrons. The third kappa shape index (κ3) is 3.03. The molecule has 0 saturated heterocycles. The molecule has 1 fully saturated rings. The van der Waals surface area contributed by atoms with Crippen LogP contribution in [0.3, 0.4) is 0 Å². The Bertz CT molecular complexity index is 342. The summed E-state index contributed by atoms with van der Waals surface area (Å²) in [6.07, 6.45) is 2.89. The fourth-order valence-electron chi connectivity index (χ4n) is 1.92. The lowest BCUT2D eigenvalue weighted by atomic mass is 10.0. The Hall–Kier alpha value is -0.890. The zero-order valence-electron chi connectivity index (χ0n) is 9.17. The van der Waals surface area contributed by atoms with Crippen LogP contribution in [0.1, 0.15) is 30.9 Å². The van der Waals surface area contributed by atoms with Gasteiger partial charge in [0.15, 0.2) is 0 Å². The predicted octanol–water partition coefficient (Wildman–Crippen LogP) is 2.62. The number of benzene rings is 1. The van der Waals surface area contributed by atoms with Gasteiger partial charge in [0, 0.05) is 12.5 Å². The molecule has 1 atom stereocenters. The van der Waals surface area contributed by atoms with Gasteiger partial charge in [-0.3, -0.25) is 0 Å². The number of halogens is 1. The van der Waals surface area contributed by atoms with E-state index in [1.807, 2.05) is 19.1 Å². The normalized spacial score (nSPS) is 19.9. The number of nitrogens with two attached hydrogens (primary N) is 1. The van der Waals surface area contributed by atoms with E-state index >= 15 is 0 Å². The summed E-state index contributed by atoms with van der Waals surface area (Å²) in [5.41, 5.74) is 7.16. The maximum absolute atomic E-state index is 13.6. The molecule has 1 aliphatic rings. The van der Waals surface area contributed by atoms with Crippen molar-refractivity contribution in [3.05, 3.63) is 35.4 Å². The van der Waals surface area contributed by atoms with Crippen molar-refractivity contribution >= 4 is 0 Å². The molecule has 15 heavy (non-hydrogen) atoms. The van der Waals surface area contributed by atoms with Gasteiger partial charge in [-0.05, 0) is 37.3 Å². The number of rotatable bonds is 4. The molecule has 0 amide bonds. The second kappa shape index (κ2) is 3.93. The topological polar surface area (TPSA) is 26.0 Å². The summed E-state index contributed by atoms with van der Waals surface area (Å²) < 4.78 is 13.6. The van der Waals surface area contributed by atoms with E-state index in [0.717, 1.165) is 24.8 Å². The van der Waals surface area contributed by atoms with Crippen molar-refractivity contribution in [1.29, 1.82) is 0 Å². The summed E-state index contributed by atoms with van der Waals surface area (Å²) in [7, 11) is 0. The minimum Gasteiger partial charge on any atom is -0.328 e. The molecule has 0 aliphatic heterocycles. The Morgan fingerprint density at radius 1 is 1.40 bits per heavy atom. The molecule has 1 aromatic carbocycles. The minimum absolute atomic E-state index is 0.167. The van der Waals surface area contributed by atoms with E-state index in [4.69, 9.17) is 5.73 Å². The van der Waals surface area contributed by atoms with Crippen molar-refractivity contribution < 1.29 is 4.39 Å². The minimum atomic E-state index is -0.896. The zero-order valence-corrected chi connectivity index (χ0v) is 9.17. The van der Waals surface area contributed by atoms with Gasteiger partial charge in [0.25, 0.3) is 0 Å². The number of hydrogen-bond donors (Lipinski definition) is 1. The molecule has 0 radical (unpaired) electrons. The van der Waals surface area contributed by atoms with Crippen molar-refractivity contribution in [2.75, 3.05) is 0 Å². The summed E-state index contributed by atoms with van der Waals surface area (Å²) in [4.78, 5) is 0. The molecule has 2 N–H and O–H groups in total. The fourth-order valence-corrected chi connectivity index (χ4v) is 1.92. The van der Waals surface area contributed by atoms with Crippen LogP contribution in [0, 0.1) is 0 Å². The van der Waals surface area contributed by atoms with E-state index in [1.54, 1.807) is 0 Å². The van der Waals surface area contributed by atoms with Crippen molar-refractivity contribution in [3.63, 3.8) is 0 Å². The van der Waals surface area contributed by atoms with E-state index in [1.165, 1.54) is 5.56 Å². The highest BCUT2D eigenvalue weighted by atomic mass is 19.1. The lowest BCUT2D eigenvalue weighted by Crippen LogP contribution is -2.17. The molecule has 0 bridgehead atoms. The van der Waals surface area contributed by atoms with E-state index in [0.29, 0.717) is 6.42 Å². The molecule has 0 spiro atoms. The Balaban J connectivity index is 2.05. The summed E-state index contributed by atoms with van der Waals surface area (Å²) in [5, 5.41) is 0.